The van der Waals surface area contributed by atoms with Gasteiger partial charge in [-0.05, 0) is 18.6 Å². The normalized spacial score (nSPS) is 19.6. The van der Waals surface area contributed by atoms with E-state index in [1.54, 1.807) is 22.8 Å². The van der Waals surface area contributed by atoms with Gasteiger partial charge in [-0.25, -0.2) is 13.4 Å². The molecule has 0 amide bonds. The lowest BCUT2D eigenvalue weighted by Gasteiger charge is -2.18. The lowest BCUT2D eigenvalue weighted by atomic mass is 10.1. The van der Waals surface area contributed by atoms with E-state index < -0.39 is 9.84 Å². The second-order valence-electron chi connectivity index (χ2n) is 6.05. The summed E-state index contributed by atoms with van der Waals surface area (Å²) in [6.45, 7) is 0. The fraction of sp³-hybridized carbons (Fsp3) is 0.222. The Kier molecular flexibility index (Phi) is 3.49. The Morgan fingerprint density at radius 3 is 2.42 bits per heavy atom. The third kappa shape index (κ3) is 2.53. The molecule has 1 saturated heterocycles. The average molecular weight is 340 g/mol. The molecule has 2 aromatic carbocycles. The van der Waals surface area contributed by atoms with Crippen molar-refractivity contribution in [1.29, 1.82) is 0 Å². The number of sulfone groups is 1. The van der Waals surface area contributed by atoms with Crippen LogP contribution in [0.5, 0.6) is 0 Å². The molecule has 122 valence electrons. The summed E-state index contributed by atoms with van der Waals surface area (Å²) in [6, 6.07) is 16.2. The third-order valence-electron chi connectivity index (χ3n) is 4.41. The van der Waals surface area contributed by atoms with E-state index >= 15 is 0 Å². The van der Waals surface area contributed by atoms with Crippen LogP contribution in [-0.4, -0.2) is 29.5 Å². The molecule has 0 radical (unpaired) electrons. The minimum Gasteiger partial charge on any atom is -0.288 e. The molecule has 0 N–H and O–H groups in total. The van der Waals surface area contributed by atoms with Gasteiger partial charge in [-0.1, -0.05) is 42.5 Å². The summed E-state index contributed by atoms with van der Waals surface area (Å²) in [5.74, 6) is 0.638. The van der Waals surface area contributed by atoms with E-state index in [0.717, 1.165) is 5.56 Å². The van der Waals surface area contributed by atoms with Gasteiger partial charge >= 0.3 is 0 Å². The Morgan fingerprint density at radius 1 is 1.00 bits per heavy atom. The first-order valence-corrected chi connectivity index (χ1v) is 9.64. The zero-order valence-electron chi connectivity index (χ0n) is 12.9. The Balaban J connectivity index is 2.03. The second kappa shape index (κ2) is 5.56. The van der Waals surface area contributed by atoms with E-state index in [4.69, 9.17) is 0 Å². The molecule has 24 heavy (non-hydrogen) atoms. The van der Waals surface area contributed by atoms with Crippen LogP contribution in [0.2, 0.25) is 0 Å². The maximum Gasteiger partial charge on any atom is 0.261 e. The number of para-hydroxylation sites is 1. The maximum atomic E-state index is 13.0. The first-order chi connectivity index (χ1) is 11.6. The van der Waals surface area contributed by atoms with E-state index in [1.807, 2.05) is 36.4 Å². The molecule has 1 aliphatic heterocycles. The summed E-state index contributed by atoms with van der Waals surface area (Å²) < 4.78 is 25.4. The van der Waals surface area contributed by atoms with Crippen molar-refractivity contribution in [3.05, 3.63) is 65.0 Å². The number of hydrogen-bond donors (Lipinski definition) is 0. The molecule has 0 unspecified atom stereocenters. The van der Waals surface area contributed by atoms with Crippen LogP contribution >= 0.6 is 0 Å². The highest BCUT2D eigenvalue weighted by Gasteiger charge is 2.32. The first kappa shape index (κ1) is 15.1. The Hall–Kier alpha value is -2.47. The summed E-state index contributed by atoms with van der Waals surface area (Å²) in [6.07, 6.45) is 0.447. The van der Waals surface area contributed by atoms with Crippen LogP contribution in [0.4, 0.5) is 0 Å². The van der Waals surface area contributed by atoms with Crippen LogP contribution in [-0.2, 0) is 9.84 Å². The van der Waals surface area contributed by atoms with Crippen LogP contribution in [0.1, 0.15) is 12.5 Å². The highest BCUT2D eigenvalue weighted by atomic mass is 32.2. The van der Waals surface area contributed by atoms with Gasteiger partial charge in [0, 0.05) is 5.56 Å². The zero-order chi connectivity index (χ0) is 16.7. The topological polar surface area (TPSA) is 69.0 Å². The SMILES string of the molecule is O=c1c2ccccc2nc(-c2ccccc2)n1[C@@H]1CCS(=O)(=O)C1. The van der Waals surface area contributed by atoms with E-state index in [1.165, 1.54) is 0 Å². The minimum absolute atomic E-state index is 0.00718. The van der Waals surface area contributed by atoms with Gasteiger partial charge < -0.3 is 0 Å². The summed E-state index contributed by atoms with van der Waals surface area (Å²) >= 11 is 0. The van der Waals surface area contributed by atoms with E-state index in [-0.39, 0.29) is 23.1 Å². The Bertz CT molecular complexity index is 1070. The van der Waals surface area contributed by atoms with Gasteiger partial charge in [0.2, 0.25) is 0 Å². The molecule has 1 atom stereocenters. The van der Waals surface area contributed by atoms with Crippen molar-refractivity contribution >= 4 is 20.7 Å². The van der Waals surface area contributed by atoms with Crippen molar-refractivity contribution < 1.29 is 8.42 Å². The molecule has 3 aromatic rings. The maximum absolute atomic E-state index is 13.0. The molecule has 6 heteroatoms. The van der Waals surface area contributed by atoms with Crippen LogP contribution in [0, 0.1) is 0 Å². The molecule has 0 spiro atoms. The van der Waals surface area contributed by atoms with Crippen molar-refractivity contribution in [2.24, 2.45) is 0 Å². The number of fused-ring (bicyclic) bond motifs is 1. The van der Waals surface area contributed by atoms with E-state index in [0.29, 0.717) is 23.1 Å². The van der Waals surface area contributed by atoms with Gasteiger partial charge in [-0.2, -0.15) is 0 Å². The van der Waals surface area contributed by atoms with Gasteiger partial charge in [-0.15, -0.1) is 0 Å². The molecule has 0 aliphatic carbocycles. The number of benzene rings is 2. The lowest BCUT2D eigenvalue weighted by molar-refractivity contribution is 0.541. The third-order valence-corrected chi connectivity index (χ3v) is 6.16. The molecule has 4 rings (SSSR count). The molecule has 2 heterocycles. The second-order valence-corrected chi connectivity index (χ2v) is 8.28. The fourth-order valence-corrected chi connectivity index (χ4v) is 4.95. The lowest BCUT2D eigenvalue weighted by Crippen LogP contribution is -2.28. The molecule has 5 nitrogen and oxygen atoms in total. The van der Waals surface area contributed by atoms with Crippen molar-refractivity contribution in [3.8, 4) is 11.4 Å². The highest BCUT2D eigenvalue weighted by molar-refractivity contribution is 7.91. The van der Waals surface area contributed by atoms with Crippen LogP contribution in [0.3, 0.4) is 0 Å². The summed E-state index contributed by atoms with van der Waals surface area (Å²) in [4.78, 5) is 17.7. The standard InChI is InChI=1S/C18H16N2O3S/c21-18-15-8-4-5-9-16(15)19-17(13-6-2-1-3-7-13)20(18)14-10-11-24(22,23)12-14/h1-9,14H,10-12H2/t14-/m1/s1. The number of aromatic nitrogens is 2. The van der Waals surface area contributed by atoms with Gasteiger partial charge in [0.05, 0.1) is 28.5 Å². The molecule has 1 fully saturated rings. The monoisotopic (exact) mass is 340 g/mol. The van der Waals surface area contributed by atoms with Gasteiger partial charge in [0.25, 0.3) is 5.56 Å². The van der Waals surface area contributed by atoms with Gasteiger partial charge in [-0.3, -0.25) is 9.36 Å². The number of rotatable bonds is 2. The fourth-order valence-electron chi connectivity index (χ4n) is 3.25. The smallest absolute Gasteiger partial charge is 0.261 e. The largest absolute Gasteiger partial charge is 0.288 e. The Labute approximate surface area is 139 Å². The predicted molar refractivity (Wildman–Crippen MR) is 93.7 cm³/mol. The van der Waals surface area contributed by atoms with Crippen molar-refractivity contribution in [2.75, 3.05) is 11.5 Å². The zero-order valence-corrected chi connectivity index (χ0v) is 13.7. The van der Waals surface area contributed by atoms with Gasteiger partial charge in [0.1, 0.15) is 5.82 Å². The van der Waals surface area contributed by atoms with Crippen molar-refractivity contribution in [3.63, 3.8) is 0 Å². The molecule has 0 bridgehead atoms. The molecule has 0 saturated carbocycles. The predicted octanol–water partition coefficient (Wildman–Crippen LogP) is 2.42. The molecular weight excluding hydrogens is 324 g/mol. The highest BCUT2D eigenvalue weighted by Crippen LogP contribution is 2.28. The average Bonchev–Trinajstić information content (AvgIpc) is 2.95. The van der Waals surface area contributed by atoms with Crippen molar-refractivity contribution in [1.82, 2.24) is 9.55 Å². The van der Waals surface area contributed by atoms with Crippen molar-refractivity contribution in [2.45, 2.75) is 12.5 Å². The van der Waals surface area contributed by atoms with Crippen LogP contribution in [0.25, 0.3) is 22.3 Å². The molecular formula is C18H16N2O3S. The molecule has 1 aliphatic rings. The molecule has 1 aromatic heterocycles. The minimum atomic E-state index is -3.10. The summed E-state index contributed by atoms with van der Waals surface area (Å²) in [7, 11) is -3.10. The van der Waals surface area contributed by atoms with Gasteiger partial charge in [0.15, 0.2) is 9.84 Å². The van der Waals surface area contributed by atoms with Crippen LogP contribution in [0.15, 0.2) is 59.4 Å². The number of nitrogens with zero attached hydrogens (tertiary/aromatic N) is 2. The van der Waals surface area contributed by atoms with Crippen LogP contribution < -0.4 is 5.56 Å². The quantitative estimate of drug-likeness (QED) is 0.718. The van der Waals surface area contributed by atoms with E-state index in [9.17, 15) is 13.2 Å². The summed E-state index contributed by atoms with van der Waals surface area (Å²) in [5.41, 5.74) is 1.25. The Morgan fingerprint density at radius 2 is 1.71 bits per heavy atom. The number of hydrogen-bond acceptors (Lipinski definition) is 4. The first-order valence-electron chi connectivity index (χ1n) is 7.82. The summed E-state index contributed by atoms with van der Waals surface area (Å²) in [5, 5.41) is 0.515. The van der Waals surface area contributed by atoms with E-state index in [2.05, 4.69) is 4.98 Å².